The Labute approximate surface area is 489 Å². The van der Waals surface area contributed by atoms with Gasteiger partial charge in [-0.2, -0.15) is 26.6 Å². The van der Waals surface area contributed by atoms with Crippen molar-refractivity contribution in [3.63, 3.8) is 0 Å². The van der Waals surface area contributed by atoms with Gasteiger partial charge in [-0.1, -0.05) is 45.4 Å². The number of aliphatic carboxylic acids is 1. The van der Waals surface area contributed by atoms with Crippen LogP contribution in [-0.4, -0.2) is 84.9 Å². The minimum atomic E-state index is -4.79. The van der Waals surface area contributed by atoms with Crippen LogP contribution in [0.5, 0.6) is 11.5 Å². The molecule has 8 rings (SSSR count). The Bertz CT molecular complexity index is 3160. The van der Waals surface area contributed by atoms with Crippen molar-refractivity contribution in [1.29, 1.82) is 0 Å². The number of benzene rings is 3. The summed E-state index contributed by atoms with van der Waals surface area (Å²) in [5, 5.41) is 9.49. The quantitative estimate of drug-likeness (QED) is 0.0552. The van der Waals surface area contributed by atoms with E-state index in [4.69, 9.17) is 9.47 Å². The van der Waals surface area contributed by atoms with Gasteiger partial charge >= 0.3 is 94.6 Å². The van der Waals surface area contributed by atoms with Crippen LogP contribution < -0.4 is 103 Å². The molecule has 0 saturated carbocycles. The maximum atomic E-state index is 12.2. The third-order valence-electron chi connectivity index (χ3n) is 13.9. The fourth-order valence-corrected chi connectivity index (χ4v) is 12.0. The maximum Gasteiger partial charge on any atom is 1.00 e. The van der Waals surface area contributed by atoms with E-state index in [0.717, 1.165) is 57.8 Å². The van der Waals surface area contributed by atoms with Crippen LogP contribution in [0.15, 0.2) is 118 Å². The number of nitrogens with zero attached hydrogens (tertiary/aromatic N) is 2. The van der Waals surface area contributed by atoms with Crippen LogP contribution in [0.25, 0.3) is 0 Å². The van der Waals surface area contributed by atoms with Crippen LogP contribution in [0.1, 0.15) is 102 Å². The zero-order valence-electron chi connectivity index (χ0n) is 42.0. The topological polar surface area (TPSA) is 231 Å². The number of unbranched alkanes of at least 4 members (excludes halogenated alkanes) is 2. The number of rotatable bonds is 17. The van der Waals surface area contributed by atoms with E-state index in [1.165, 1.54) is 12.1 Å². The zero-order valence-corrected chi connectivity index (χ0v) is 50.4. The Morgan fingerprint density at radius 1 is 0.833 bits per heavy atom. The zero-order chi connectivity index (χ0) is 49.7. The number of carboxylic acid groups (broad SMARTS) is 1. The number of aryl methyl sites for hydroxylation is 1. The molecule has 0 saturated heterocycles. The minimum absolute atomic E-state index is 0. The molecule has 0 bridgehead atoms. The summed E-state index contributed by atoms with van der Waals surface area (Å²) in [5.41, 5.74) is 7.25. The van der Waals surface area contributed by atoms with Gasteiger partial charge in [0.1, 0.15) is 33.9 Å². The van der Waals surface area contributed by atoms with Gasteiger partial charge in [-0.15, -0.1) is 6.07 Å². The van der Waals surface area contributed by atoms with Crippen LogP contribution in [-0.2, 0) is 52.4 Å². The van der Waals surface area contributed by atoms with E-state index in [0.29, 0.717) is 73.0 Å². The number of carbonyl (C=O) groups is 1. The van der Waals surface area contributed by atoms with Crippen LogP contribution in [0, 0.1) is 12.0 Å². The minimum Gasteiger partial charge on any atom is -0.748 e. The van der Waals surface area contributed by atoms with Crippen molar-refractivity contribution in [1.82, 2.24) is 0 Å². The van der Waals surface area contributed by atoms with Crippen LogP contribution in [0.2, 0.25) is 0 Å². The van der Waals surface area contributed by atoms with Crippen molar-refractivity contribution in [2.24, 2.45) is 5.92 Å². The molecule has 2 N–H and O–H groups in total. The van der Waals surface area contributed by atoms with Gasteiger partial charge in [-0.05, 0) is 122 Å². The van der Waals surface area contributed by atoms with E-state index >= 15 is 0 Å². The normalized spacial score (nSPS) is 19.9. The van der Waals surface area contributed by atoms with Crippen molar-refractivity contribution in [2.45, 2.75) is 108 Å². The summed E-state index contributed by atoms with van der Waals surface area (Å²) < 4.78 is 120. The van der Waals surface area contributed by atoms with Gasteiger partial charge in [-0.25, -0.2) is 21.4 Å². The third kappa shape index (κ3) is 13.4. The number of fused-ring (bicyclic) bond motifs is 3. The van der Waals surface area contributed by atoms with Crippen LogP contribution in [0.3, 0.4) is 0 Å². The largest absolute Gasteiger partial charge is 1.00 e. The van der Waals surface area contributed by atoms with Crippen LogP contribution >= 0.6 is 0 Å². The molecule has 0 spiro atoms. The number of allylic oxidation sites excluding steroid dienone is 8. The Morgan fingerprint density at radius 2 is 1.54 bits per heavy atom. The molecule has 3 aliphatic heterocycles. The van der Waals surface area contributed by atoms with Gasteiger partial charge < -0.3 is 28.6 Å². The summed E-state index contributed by atoms with van der Waals surface area (Å²) in [7, 11) is -13.3. The number of carboxylic acids is 1. The number of anilines is 1. The van der Waals surface area contributed by atoms with E-state index in [9.17, 15) is 48.8 Å². The summed E-state index contributed by atoms with van der Waals surface area (Å²) in [4.78, 5) is 13.2. The molecule has 0 radical (unpaired) electrons. The molecule has 2 aliphatic carbocycles. The molecule has 3 heterocycles. The van der Waals surface area contributed by atoms with Gasteiger partial charge in [0.2, 0.25) is 0 Å². The number of hydrogen-bond donors (Lipinski definition) is 2. The molecule has 5 aliphatic rings. The molecular formula is C51H56N2Na3O13S3+. The van der Waals surface area contributed by atoms with Crippen molar-refractivity contribution in [3.05, 3.63) is 136 Å². The van der Waals surface area contributed by atoms with E-state index in [-0.39, 0.29) is 131 Å². The van der Waals surface area contributed by atoms with E-state index in [2.05, 4.69) is 36.6 Å². The predicted molar refractivity (Wildman–Crippen MR) is 257 cm³/mol. The molecule has 72 heavy (non-hydrogen) atoms. The Morgan fingerprint density at radius 3 is 2.24 bits per heavy atom. The van der Waals surface area contributed by atoms with E-state index in [1.54, 1.807) is 12.1 Å². The van der Waals surface area contributed by atoms with Crippen molar-refractivity contribution >= 4 is 53.4 Å². The first-order valence-corrected chi connectivity index (χ1v) is 27.7. The Hall–Kier alpha value is -2.37. The SMILES string of the molecule is CC1(C)C(/C=C/C2=C3Oc4ccc(CCC(=O)O)cc4OC4=C3C(CC2)CC/C4=C\C=C2\N(CCCCS(=O)(=O)[O-])c3ccc(S(=O)(=O)[O-])cc3C2(C)C)=[N+](CCCCS(=O)(=O)O)c2cc[c-]cc21.[Na+].[Na+].[Na+]. The Kier molecular flexibility index (Phi) is 20.1. The van der Waals surface area contributed by atoms with E-state index < -0.39 is 52.9 Å². The fraction of sp³-hybridized carbons (Fsp3) is 0.412. The number of hydrogen-bond acceptors (Lipinski definition) is 12. The standard InChI is InChI=1S/C51H58N2O13S3.3Na/c1-50(2)38-11-5-6-12-40(38)52(27-7-9-29-67(56,57)58)44(50)24-19-35-17-15-34-16-18-36(49-47(34)48(35)65-42-23-13-33(14-26-46(54)55)31-43(42)66-49)20-25-45-51(3,4)39-32-37(69(62,63)64)21-22-41(39)53(45)28-8-10-30-68(59,60)61;;;/h6,11-13,19-25,31-32,34H,7-10,14-18,26-30H2,1-4H3,(H,54,55)(H,56,57,58)(H,59,60,61)(H,62,63,64);;;/q;3*+1/p-2. The van der Waals surface area contributed by atoms with Gasteiger partial charge in [-0.3, -0.25) is 9.35 Å². The molecule has 3 aromatic carbocycles. The summed E-state index contributed by atoms with van der Waals surface area (Å²) in [6.45, 7) is 8.95. The van der Waals surface area contributed by atoms with Crippen molar-refractivity contribution in [2.75, 3.05) is 29.5 Å². The second kappa shape index (κ2) is 23.9. The van der Waals surface area contributed by atoms with Gasteiger partial charge in [0, 0.05) is 59.0 Å². The van der Waals surface area contributed by atoms with Gasteiger partial charge in [0.25, 0.3) is 10.1 Å². The van der Waals surface area contributed by atoms with E-state index in [1.807, 2.05) is 61.2 Å². The van der Waals surface area contributed by atoms with Crippen molar-refractivity contribution < 1.29 is 152 Å². The molecule has 15 nitrogen and oxygen atoms in total. The molecule has 1 unspecified atom stereocenters. The van der Waals surface area contributed by atoms with Gasteiger partial charge in [0.05, 0.1) is 20.8 Å². The summed E-state index contributed by atoms with van der Waals surface area (Å²) >= 11 is 0. The number of ether oxygens (including phenoxy) is 2. The second-order valence-electron chi connectivity index (χ2n) is 19.3. The smallest absolute Gasteiger partial charge is 0.748 e. The Balaban J connectivity index is 0.00000321. The molecule has 3 aromatic rings. The molecular weight excluding hydrogens is 1010 g/mol. The average molecular weight is 1070 g/mol. The fourth-order valence-electron chi connectivity index (χ4n) is 10.4. The average Bonchev–Trinajstić information content (AvgIpc) is 3.51. The maximum absolute atomic E-state index is 12.2. The first kappa shape index (κ1) is 60.5. The second-order valence-corrected chi connectivity index (χ2v) is 23.8. The first-order valence-electron chi connectivity index (χ1n) is 23.1. The summed E-state index contributed by atoms with van der Waals surface area (Å²) in [6, 6.07) is 18.7. The predicted octanol–water partition coefficient (Wildman–Crippen LogP) is -0.863. The molecule has 0 aromatic heterocycles. The third-order valence-corrected chi connectivity index (χ3v) is 16.3. The monoisotopic (exact) mass is 1070 g/mol. The van der Waals surface area contributed by atoms with Crippen LogP contribution in [0.4, 0.5) is 11.4 Å². The molecule has 1 atom stereocenters. The summed E-state index contributed by atoms with van der Waals surface area (Å²) in [6.07, 6.45) is 12.5. The summed E-state index contributed by atoms with van der Waals surface area (Å²) in [5.74, 6) is 0.435. The molecule has 21 heteroatoms. The molecule has 368 valence electrons. The van der Waals surface area contributed by atoms with Gasteiger partial charge in [0.15, 0.2) is 17.2 Å². The molecule has 0 amide bonds. The van der Waals surface area contributed by atoms with Crippen molar-refractivity contribution in [3.8, 4) is 11.5 Å². The first-order chi connectivity index (χ1) is 32.4. The molecule has 0 fully saturated rings.